The van der Waals surface area contributed by atoms with E-state index >= 15 is 0 Å². The van der Waals surface area contributed by atoms with Gasteiger partial charge in [0.25, 0.3) is 0 Å². The molecule has 1 aromatic rings. The zero-order chi connectivity index (χ0) is 15.1. The van der Waals surface area contributed by atoms with Gasteiger partial charge in [0.05, 0.1) is 25.2 Å². The zero-order valence-corrected chi connectivity index (χ0v) is 16.8. The number of nitrogens with zero attached hydrogens (tertiary/aromatic N) is 2. The lowest BCUT2D eigenvalue weighted by Gasteiger charge is -2.19. The molecule has 1 aromatic carbocycles. The average Bonchev–Trinajstić information content (AvgIpc) is 2.45. The van der Waals surface area contributed by atoms with Crippen molar-refractivity contribution >= 4 is 45.9 Å². The molecule has 21 heavy (non-hydrogen) atoms. The Morgan fingerprint density at radius 3 is 2.33 bits per heavy atom. The van der Waals surface area contributed by atoms with E-state index in [0.717, 1.165) is 23.1 Å². The van der Waals surface area contributed by atoms with E-state index in [1.165, 1.54) is 0 Å². The smallest absolute Gasteiger partial charge is 0.191 e. The van der Waals surface area contributed by atoms with Crippen LogP contribution in [-0.4, -0.2) is 38.2 Å². The maximum absolute atomic E-state index is 5.96. The average molecular weight is 472 g/mol. The molecular weight excluding hydrogens is 449 g/mol. The Hall–Kier alpha value is -0.700. The van der Waals surface area contributed by atoms with Gasteiger partial charge in [-0.05, 0) is 47.5 Å². The van der Waals surface area contributed by atoms with Crippen LogP contribution in [0.15, 0.2) is 21.6 Å². The fraction of sp³-hybridized carbons (Fsp3) is 0.500. The highest BCUT2D eigenvalue weighted by Gasteiger charge is 2.10. The number of hydrogen-bond donors (Lipinski definition) is 1. The Morgan fingerprint density at radius 1 is 1.24 bits per heavy atom. The number of benzene rings is 1. The highest BCUT2D eigenvalue weighted by atomic mass is 127. The van der Waals surface area contributed by atoms with E-state index in [-0.39, 0.29) is 24.0 Å². The van der Waals surface area contributed by atoms with E-state index in [0.29, 0.717) is 24.0 Å². The van der Waals surface area contributed by atoms with Gasteiger partial charge in [0.2, 0.25) is 0 Å². The molecule has 0 aliphatic rings. The van der Waals surface area contributed by atoms with E-state index in [1.54, 1.807) is 14.2 Å². The predicted octanol–water partition coefficient (Wildman–Crippen LogP) is 3.24. The summed E-state index contributed by atoms with van der Waals surface area (Å²) < 4.78 is 11.4. The molecule has 0 heterocycles. The number of methoxy groups -OCH3 is 2. The monoisotopic (exact) mass is 471 g/mol. The number of nitrogens with two attached hydrogens (primary N) is 1. The van der Waals surface area contributed by atoms with Gasteiger partial charge in [0, 0.05) is 13.1 Å². The second-order valence-electron chi connectivity index (χ2n) is 4.16. The van der Waals surface area contributed by atoms with E-state index in [4.69, 9.17) is 15.2 Å². The molecule has 0 saturated carbocycles. The van der Waals surface area contributed by atoms with Crippen LogP contribution in [0.3, 0.4) is 0 Å². The summed E-state index contributed by atoms with van der Waals surface area (Å²) in [6, 6.07) is 3.86. The Bertz CT molecular complexity index is 480. The molecule has 0 saturated heterocycles. The van der Waals surface area contributed by atoms with E-state index in [2.05, 4.69) is 34.8 Å². The quantitative estimate of drug-likeness (QED) is 0.393. The van der Waals surface area contributed by atoms with Gasteiger partial charge in [-0.25, -0.2) is 4.99 Å². The first kappa shape index (κ1) is 20.3. The van der Waals surface area contributed by atoms with E-state index in [9.17, 15) is 0 Å². The molecule has 0 aliphatic carbocycles. The van der Waals surface area contributed by atoms with Gasteiger partial charge >= 0.3 is 0 Å². The first-order chi connectivity index (χ1) is 9.57. The molecular formula is C14H23BrIN3O2. The first-order valence-electron chi connectivity index (χ1n) is 6.52. The minimum Gasteiger partial charge on any atom is -0.493 e. The van der Waals surface area contributed by atoms with Crippen molar-refractivity contribution in [3.8, 4) is 11.5 Å². The van der Waals surface area contributed by atoms with Crippen molar-refractivity contribution in [2.75, 3.05) is 27.3 Å². The molecule has 0 bridgehead atoms. The third-order valence-corrected chi connectivity index (χ3v) is 3.59. The predicted molar refractivity (Wildman–Crippen MR) is 101 cm³/mol. The normalized spacial score (nSPS) is 10.8. The van der Waals surface area contributed by atoms with Gasteiger partial charge in [-0.3, -0.25) is 0 Å². The lowest BCUT2D eigenvalue weighted by atomic mass is 10.2. The summed E-state index contributed by atoms with van der Waals surface area (Å²) in [4.78, 5) is 6.42. The van der Waals surface area contributed by atoms with Crippen molar-refractivity contribution in [3.05, 3.63) is 22.2 Å². The Kier molecular flexibility index (Phi) is 9.76. The molecule has 0 amide bonds. The molecule has 7 heteroatoms. The molecule has 0 radical (unpaired) electrons. The number of guanidine groups is 1. The summed E-state index contributed by atoms with van der Waals surface area (Å²) in [5, 5.41) is 0. The van der Waals surface area contributed by atoms with Crippen molar-refractivity contribution in [1.82, 2.24) is 4.90 Å². The van der Waals surface area contributed by atoms with Crippen molar-refractivity contribution in [1.29, 1.82) is 0 Å². The Morgan fingerprint density at radius 2 is 1.86 bits per heavy atom. The SMILES string of the molecule is CCN(CC)C(N)=NCc1cc(Br)c(OC)c(OC)c1.I. The van der Waals surface area contributed by atoms with Crippen molar-refractivity contribution in [3.63, 3.8) is 0 Å². The fourth-order valence-corrected chi connectivity index (χ4v) is 2.53. The standard InChI is InChI=1S/C14H22BrN3O2.HI/c1-5-18(6-2)14(16)17-9-10-7-11(15)13(20-4)12(8-10)19-3;/h7-8H,5-6,9H2,1-4H3,(H2,16,17);1H. The maximum Gasteiger partial charge on any atom is 0.191 e. The summed E-state index contributed by atoms with van der Waals surface area (Å²) in [5.41, 5.74) is 6.96. The third kappa shape index (κ3) is 5.54. The van der Waals surface area contributed by atoms with Gasteiger partial charge in [-0.1, -0.05) is 0 Å². The van der Waals surface area contributed by atoms with Crippen molar-refractivity contribution in [2.24, 2.45) is 10.7 Å². The molecule has 120 valence electrons. The zero-order valence-electron chi connectivity index (χ0n) is 12.9. The highest BCUT2D eigenvalue weighted by molar-refractivity contribution is 14.0. The fourth-order valence-electron chi connectivity index (χ4n) is 1.88. The van der Waals surface area contributed by atoms with Crippen LogP contribution in [0, 0.1) is 0 Å². The molecule has 0 unspecified atom stereocenters. The Labute approximate surface area is 152 Å². The minimum atomic E-state index is 0. The second kappa shape index (κ2) is 10.1. The van der Waals surface area contributed by atoms with Crippen LogP contribution in [0.4, 0.5) is 0 Å². The van der Waals surface area contributed by atoms with Gasteiger partial charge < -0.3 is 20.1 Å². The van der Waals surface area contributed by atoms with Crippen LogP contribution < -0.4 is 15.2 Å². The van der Waals surface area contributed by atoms with Crippen LogP contribution in [0.25, 0.3) is 0 Å². The maximum atomic E-state index is 5.96. The number of ether oxygens (including phenoxy) is 2. The van der Waals surface area contributed by atoms with Crippen LogP contribution in [-0.2, 0) is 6.54 Å². The summed E-state index contributed by atoms with van der Waals surface area (Å²) in [7, 11) is 3.22. The summed E-state index contributed by atoms with van der Waals surface area (Å²) in [6.45, 7) is 6.31. The highest BCUT2D eigenvalue weighted by Crippen LogP contribution is 2.36. The molecule has 0 spiro atoms. The van der Waals surface area contributed by atoms with Gasteiger partial charge in [-0.15, -0.1) is 24.0 Å². The van der Waals surface area contributed by atoms with Crippen molar-refractivity contribution < 1.29 is 9.47 Å². The molecule has 1 rings (SSSR count). The Balaban J connectivity index is 0.00000400. The van der Waals surface area contributed by atoms with E-state index in [1.807, 2.05) is 17.0 Å². The largest absolute Gasteiger partial charge is 0.493 e. The van der Waals surface area contributed by atoms with Gasteiger partial charge in [-0.2, -0.15) is 0 Å². The topological polar surface area (TPSA) is 60.1 Å². The van der Waals surface area contributed by atoms with Crippen LogP contribution in [0.5, 0.6) is 11.5 Å². The molecule has 0 atom stereocenters. The van der Waals surface area contributed by atoms with Crippen molar-refractivity contribution in [2.45, 2.75) is 20.4 Å². The van der Waals surface area contributed by atoms with E-state index < -0.39 is 0 Å². The number of halogens is 2. The molecule has 0 fully saturated rings. The summed E-state index contributed by atoms with van der Waals surface area (Å²) >= 11 is 3.47. The van der Waals surface area contributed by atoms with Gasteiger partial charge in [0.1, 0.15) is 0 Å². The van der Waals surface area contributed by atoms with Crippen LogP contribution in [0.1, 0.15) is 19.4 Å². The molecule has 0 aromatic heterocycles. The number of hydrogen-bond acceptors (Lipinski definition) is 3. The van der Waals surface area contributed by atoms with Crippen LogP contribution >= 0.6 is 39.9 Å². The molecule has 5 nitrogen and oxygen atoms in total. The minimum absolute atomic E-state index is 0. The lowest BCUT2D eigenvalue weighted by Crippen LogP contribution is -2.37. The molecule has 0 aliphatic heterocycles. The summed E-state index contributed by atoms with van der Waals surface area (Å²) in [5.74, 6) is 1.91. The van der Waals surface area contributed by atoms with Crippen LogP contribution in [0.2, 0.25) is 0 Å². The summed E-state index contributed by atoms with van der Waals surface area (Å²) in [6.07, 6.45) is 0. The second-order valence-corrected chi connectivity index (χ2v) is 5.01. The van der Waals surface area contributed by atoms with Gasteiger partial charge in [0.15, 0.2) is 17.5 Å². The third-order valence-electron chi connectivity index (χ3n) is 3.00. The molecule has 2 N–H and O–H groups in total. The number of rotatable bonds is 6. The lowest BCUT2D eigenvalue weighted by molar-refractivity contribution is 0.352. The first-order valence-corrected chi connectivity index (χ1v) is 7.31. The number of aliphatic imine (C=N–C) groups is 1.